The van der Waals surface area contributed by atoms with Gasteiger partial charge in [-0.3, -0.25) is 4.79 Å². The Bertz CT molecular complexity index is 921. The summed E-state index contributed by atoms with van der Waals surface area (Å²) in [7, 11) is 0. The summed E-state index contributed by atoms with van der Waals surface area (Å²) in [6, 6.07) is 9.73. The molecule has 1 aliphatic rings. The van der Waals surface area contributed by atoms with Crippen LogP contribution in [0.1, 0.15) is 30.0 Å². The van der Waals surface area contributed by atoms with Crippen molar-refractivity contribution in [1.29, 1.82) is 0 Å². The van der Waals surface area contributed by atoms with Crippen LogP contribution in [0.2, 0.25) is 0 Å². The smallest absolute Gasteiger partial charge is 0.293 e. The maximum absolute atomic E-state index is 13.0. The number of hydrogen-bond donors (Lipinski definition) is 0. The molecule has 7 heteroatoms. The Balaban J connectivity index is 1.73. The lowest BCUT2D eigenvalue weighted by Gasteiger charge is -2.34. The molecule has 0 radical (unpaired) electrons. The minimum atomic E-state index is -0.187. The molecule has 1 aliphatic heterocycles. The van der Waals surface area contributed by atoms with Crippen LogP contribution >= 0.6 is 0 Å². The van der Waals surface area contributed by atoms with Gasteiger partial charge in [0.1, 0.15) is 6.26 Å². The summed E-state index contributed by atoms with van der Waals surface area (Å²) >= 11 is 0. The highest BCUT2D eigenvalue weighted by molar-refractivity contribution is 5.91. The zero-order valence-corrected chi connectivity index (χ0v) is 15.6. The second-order valence-corrected chi connectivity index (χ2v) is 6.99. The van der Waals surface area contributed by atoms with Gasteiger partial charge in [-0.05, 0) is 39.0 Å². The number of furan rings is 1. The Morgan fingerprint density at radius 1 is 1.11 bits per heavy atom. The fourth-order valence-electron chi connectivity index (χ4n) is 3.33. The molecule has 7 nitrogen and oxygen atoms in total. The molecule has 1 saturated heterocycles. The van der Waals surface area contributed by atoms with E-state index < -0.39 is 0 Å². The number of morpholine rings is 1. The topological polar surface area (TPSA) is 73.4 Å². The molecule has 2 unspecified atom stereocenters. The number of hydrogen-bond acceptors (Lipinski definition) is 5. The summed E-state index contributed by atoms with van der Waals surface area (Å²) in [6.07, 6.45) is 3.16. The number of amides is 1. The van der Waals surface area contributed by atoms with Crippen LogP contribution in [0.25, 0.3) is 17.1 Å². The summed E-state index contributed by atoms with van der Waals surface area (Å²) in [4.78, 5) is 19.3. The first-order chi connectivity index (χ1) is 13.0. The lowest BCUT2D eigenvalue weighted by atomic mass is 10.2. The number of ether oxygens (including phenoxy) is 1. The van der Waals surface area contributed by atoms with Gasteiger partial charge in [-0.25, -0.2) is 9.67 Å². The second kappa shape index (κ2) is 7.00. The molecular weight excluding hydrogens is 344 g/mol. The minimum absolute atomic E-state index is 0.00905. The third kappa shape index (κ3) is 3.50. The van der Waals surface area contributed by atoms with Crippen molar-refractivity contribution in [3.8, 4) is 17.1 Å². The fourth-order valence-corrected chi connectivity index (χ4v) is 3.33. The van der Waals surface area contributed by atoms with E-state index in [1.54, 1.807) is 22.1 Å². The van der Waals surface area contributed by atoms with Crippen LogP contribution in [0.3, 0.4) is 0 Å². The minimum Gasteiger partial charge on any atom is -0.472 e. The van der Waals surface area contributed by atoms with E-state index in [1.807, 2.05) is 51.1 Å². The van der Waals surface area contributed by atoms with Crippen LogP contribution in [-0.2, 0) is 4.74 Å². The van der Waals surface area contributed by atoms with Gasteiger partial charge in [-0.1, -0.05) is 17.7 Å². The summed E-state index contributed by atoms with van der Waals surface area (Å²) in [5, 5.41) is 4.52. The van der Waals surface area contributed by atoms with Gasteiger partial charge in [-0.2, -0.15) is 0 Å². The third-order valence-corrected chi connectivity index (χ3v) is 4.56. The van der Waals surface area contributed by atoms with Gasteiger partial charge in [0.05, 0.1) is 29.7 Å². The molecule has 0 aliphatic carbocycles. The first-order valence-electron chi connectivity index (χ1n) is 9.02. The standard InChI is InChI=1S/C20H22N4O3/c1-13-4-6-17(7-5-13)24-19(16-8-9-26-12-16)21-18(22-24)20(25)23-10-14(2)27-15(3)11-23/h4-9,12,14-15H,10-11H2,1-3H3. The van der Waals surface area contributed by atoms with Gasteiger partial charge in [0, 0.05) is 13.1 Å². The first-order valence-corrected chi connectivity index (χ1v) is 9.02. The van der Waals surface area contributed by atoms with Gasteiger partial charge in [-0.15, -0.1) is 5.10 Å². The second-order valence-electron chi connectivity index (χ2n) is 6.99. The van der Waals surface area contributed by atoms with Crippen molar-refractivity contribution in [2.24, 2.45) is 0 Å². The number of nitrogens with zero attached hydrogens (tertiary/aromatic N) is 4. The van der Waals surface area contributed by atoms with E-state index in [0.29, 0.717) is 18.9 Å². The molecule has 4 rings (SSSR count). The third-order valence-electron chi connectivity index (χ3n) is 4.56. The Morgan fingerprint density at radius 2 is 1.81 bits per heavy atom. The predicted molar refractivity (Wildman–Crippen MR) is 99.7 cm³/mol. The lowest BCUT2D eigenvalue weighted by Crippen LogP contribution is -2.48. The van der Waals surface area contributed by atoms with E-state index in [-0.39, 0.29) is 23.9 Å². The van der Waals surface area contributed by atoms with Crippen molar-refractivity contribution in [2.45, 2.75) is 33.0 Å². The predicted octanol–water partition coefficient (Wildman–Crippen LogP) is 3.09. The molecule has 1 fully saturated rings. The summed E-state index contributed by atoms with van der Waals surface area (Å²) in [5.41, 5.74) is 2.76. The quantitative estimate of drug-likeness (QED) is 0.712. The monoisotopic (exact) mass is 366 g/mol. The average Bonchev–Trinajstić information content (AvgIpc) is 3.30. The Hall–Kier alpha value is -2.93. The number of rotatable bonds is 3. The van der Waals surface area contributed by atoms with Crippen molar-refractivity contribution in [1.82, 2.24) is 19.7 Å². The molecule has 1 aromatic carbocycles. The van der Waals surface area contributed by atoms with Crippen molar-refractivity contribution >= 4 is 5.91 Å². The number of carbonyl (C=O) groups is 1. The molecule has 0 N–H and O–H groups in total. The van der Waals surface area contributed by atoms with Gasteiger partial charge < -0.3 is 14.1 Å². The van der Waals surface area contributed by atoms with E-state index in [4.69, 9.17) is 9.15 Å². The molecule has 27 heavy (non-hydrogen) atoms. The fraction of sp³-hybridized carbons (Fsp3) is 0.350. The van der Waals surface area contributed by atoms with Crippen molar-refractivity contribution in [3.63, 3.8) is 0 Å². The molecule has 3 heterocycles. The number of aromatic nitrogens is 3. The van der Waals surface area contributed by atoms with Crippen molar-refractivity contribution < 1.29 is 13.9 Å². The van der Waals surface area contributed by atoms with Crippen LogP contribution in [-0.4, -0.2) is 50.9 Å². The van der Waals surface area contributed by atoms with E-state index in [1.165, 1.54) is 0 Å². The van der Waals surface area contributed by atoms with E-state index in [0.717, 1.165) is 16.8 Å². The normalized spacial score (nSPS) is 20.0. The highest BCUT2D eigenvalue weighted by Crippen LogP contribution is 2.23. The highest BCUT2D eigenvalue weighted by Gasteiger charge is 2.30. The molecule has 0 spiro atoms. The van der Waals surface area contributed by atoms with Crippen molar-refractivity contribution in [2.75, 3.05) is 13.1 Å². The SMILES string of the molecule is Cc1ccc(-n2nc(C(=O)N3CC(C)OC(C)C3)nc2-c2ccoc2)cc1. The molecular formula is C20H22N4O3. The van der Waals surface area contributed by atoms with Crippen LogP contribution in [0.4, 0.5) is 0 Å². The zero-order chi connectivity index (χ0) is 19.0. The lowest BCUT2D eigenvalue weighted by molar-refractivity contribution is -0.0588. The highest BCUT2D eigenvalue weighted by atomic mass is 16.5. The van der Waals surface area contributed by atoms with Crippen LogP contribution in [0.15, 0.2) is 47.3 Å². The molecule has 2 atom stereocenters. The Morgan fingerprint density at radius 3 is 2.44 bits per heavy atom. The van der Waals surface area contributed by atoms with Crippen LogP contribution in [0.5, 0.6) is 0 Å². The summed E-state index contributed by atoms with van der Waals surface area (Å²) in [5.74, 6) is 0.561. The maximum Gasteiger partial charge on any atom is 0.293 e. The van der Waals surface area contributed by atoms with Crippen molar-refractivity contribution in [3.05, 3.63) is 54.2 Å². The van der Waals surface area contributed by atoms with E-state index >= 15 is 0 Å². The molecule has 140 valence electrons. The zero-order valence-electron chi connectivity index (χ0n) is 15.6. The molecule has 0 saturated carbocycles. The first kappa shape index (κ1) is 17.5. The van der Waals surface area contributed by atoms with Gasteiger partial charge >= 0.3 is 0 Å². The Labute approximate surface area is 157 Å². The van der Waals surface area contributed by atoms with Crippen LogP contribution < -0.4 is 0 Å². The van der Waals surface area contributed by atoms with E-state index in [2.05, 4.69) is 10.1 Å². The average molecular weight is 366 g/mol. The van der Waals surface area contributed by atoms with Gasteiger partial charge in [0.15, 0.2) is 5.82 Å². The largest absolute Gasteiger partial charge is 0.472 e. The number of carbonyl (C=O) groups excluding carboxylic acids is 1. The molecule has 3 aromatic rings. The molecule has 0 bridgehead atoms. The number of benzene rings is 1. The van der Waals surface area contributed by atoms with Gasteiger partial charge in [0.2, 0.25) is 5.82 Å². The van der Waals surface area contributed by atoms with E-state index in [9.17, 15) is 4.79 Å². The number of aryl methyl sites for hydroxylation is 1. The molecule has 2 aromatic heterocycles. The summed E-state index contributed by atoms with van der Waals surface area (Å²) in [6.45, 7) is 7.01. The Kier molecular flexibility index (Phi) is 4.53. The maximum atomic E-state index is 13.0. The van der Waals surface area contributed by atoms with Gasteiger partial charge in [0.25, 0.3) is 5.91 Å². The molecule has 1 amide bonds. The summed E-state index contributed by atoms with van der Waals surface area (Å²) < 4.78 is 12.6. The van der Waals surface area contributed by atoms with Crippen LogP contribution in [0, 0.1) is 6.92 Å².